The maximum atomic E-state index is 10.7. The Balaban J connectivity index is 3.86. The van der Waals surface area contributed by atoms with E-state index in [1.54, 1.807) is 0 Å². The van der Waals surface area contributed by atoms with Gasteiger partial charge >= 0.3 is 0 Å². The molecule has 0 rings (SSSR count). The van der Waals surface area contributed by atoms with Crippen LogP contribution >= 0.6 is 0 Å². The van der Waals surface area contributed by atoms with E-state index in [1.165, 1.54) is 0 Å². The molecule has 0 heterocycles. The van der Waals surface area contributed by atoms with Crippen molar-refractivity contribution in [3.05, 3.63) is 0 Å². The first-order valence-corrected chi connectivity index (χ1v) is 5.89. The Morgan fingerprint density at radius 3 is 2.31 bits per heavy atom. The zero-order chi connectivity index (χ0) is 10.5. The number of nitrogens with zero attached hydrogens (tertiary/aromatic N) is 1. The van der Waals surface area contributed by atoms with E-state index in [-0.39, 0.29) is 11.8 Å². The molecule has 0 saturated carbocycles. The number of likely N-dealkylation sites (N-methyl/N-ethyl adjacent to an activating group) is 2. The molecule has 0 aromatic heterocycles. The summed E-state index contributed by atoms with van der Waals surface area (Å²) in [6, 6.07) is 0.174. The van der Waals surface area contributed by atoms with Crippen molar-refractivity contribution in [3.8, 4) is 0 Å². The highest BCUT2D eigenvalue weighted by Crippen LogP contribution is 1.95. The predicted octanol–water partition coefficient (Wildman–Crippen LogP) is -1.19. The molecule has 13 heavy (non-hydrogen) atoms. The van der Waals surface area contributed by atoms with Crippen LogP contribution in [-0.2, 0) is 10.0 Å². The second kappa shape index (κ2) is 5.54. The van der Waals surface area contributed by atoms with Gasteiger partial charge in [0.15, 0.2) is 0 Å². The number of hydrogen-bond donors (Lipinski definition) is 2. The van der Waals surface area contributed by atoms with Crippen LogP contribution in [0.25, 0.3) is 0 Å². The molecule has 1 unspecified atom stereocenters. The van der Waals surface area contributed by atoms with Crippen molar-refractivity contribution in [1.82, 2.24) is 10.2 Å². The maximum Gasteiger partial charge on any atom is 0.209 e. The summed E-state index contributed by atoms with van der Waals surface area (Å²) in [4.78, 5) is 2.00. The smallest absolute Gasteiger partial charge is 0.209 e. The molecule has 0 saturated heterocycles. The van der Waals surface area contributed by atoms with Gasteiger partial charge in [0.2, 0.25) is 10.0 Å². The van der Waals surface area contributed by atoms with Gasteiger partial charge < -0.3 is 10.2 Å². The first-order chi connectivity index (χ1) is 5.85. The zero-order valence-corrected chi connectivity index (χ0v) is 9.26. The molecule has 0 fully saturated rings. The summed E-state index contributed by atoms with van der Waals surface area (Å²) in [6.45, 7) is 0.812. The van der Waals surface area contributed by atoms with Crippen LogP contribution in [0.2, 0.25) is 0 Å². The molecular weight excluding hydrogens is 190 g/mol. The zero-order valence-electron chi connectivity index (χ0n) is 8.45. The van der Waals surface area contributed by atoms with Crippen molar-refractivity contribution in [2.45, 2.75) is 12.5 Å². The minimum Gasteiger partial charge on any atom is -0.316 e. The van der Waals surface area contributed by atoms with Crippen molar-refractivity contribution >= 4 is 10.0 Å². The molecule has 0 aliphatic carbocycles. The van der Waals surface area contributed by atoms with E-state index in [1.807, 2.05) is 26.0 Å². The Morgan fingerprint density at radius 2 is 2.00 bits per heavy atom. The van der Waals surface area contributed by atoms with Gasteiger partial charge in [-0.2, -0.15) is 0 Å². The van der Waals surface area contributed by atoms with Crippen LogP contribution in [0.3, 0.4) is 0 Å². The fourth-order valence-corrected chi connectivity index (χ4v) is 1.69. The van der Waals surface area contributed by atoms with E-state index in [0.29, 0.717) is 6.42 Å². The Kier molecular flexibility index (Phi) is 5.46. The van der Waals surface area contributed by atoms with Gasteiger partial charge in [0.25, 0.3) is 0 Å². The Bertz CT molecular complexity index is 226. The molecule has 0 amide bonds. The second-order valence-corrected chi connectivity index (χ2v) is 5.14. The molecule has 0 aromatic rings. The lowest BCUT2D eigenvalue weighted by Gasteiger charge is -2.19. The van der Waals surface area contributed by atoms with E-state index >= 15 is 0 Å². The number of primary sulfonamides is 1. The van der Waals surface area contributed by atoms with Crippen molar-refractivity contribution in [2.75, 3.05) is 33.4 Å². The number of sulfonamides is 1. The molecule has 0 bridgehead atoms. The Labute approximate surface area is 80.3 Å². The first kappa shape index (κ1) is 12.8. The number of nitrogens with one attached hydrogen (secondary N) is 1. The van der Waals surface area contributed by atoms with E-state index in [0.717, 1.165) is 6.54 Å². The van der Waals surface area contributed by atoms with Crippen LogP contribution < -0.4 is 10.5 Å². The van der Waals surface area contributed by atoms with Crippen molar-refractivity contribution in [1.29, 1.82) is 0 Å². The molecular formula is C7H19N3O2S. The van der Waals surface area contributed by atoms with Gasteiger partial charge in [-0.05, 0) is 27.6 Å². The van der Waals surface area contributed by atoms with Gasteiger partial charge in [0, 0.05) is 12.6 Å². The molecule has 3 N–H and O–H groups in total. The largest absolute Gasteiger partial charge is 0.316 e. The standard InChI is InChI=1S/C7H19N3O2S/c1-9-7(6-10(2)3)4-5-13(8,11)12/h7,9H,4-6H2,1-3H3,(H2,8,11,12). The normalized spacial score (nSPS) is 14.8. The molecule has 0 aliphatic heterocycles. The highest BCUT2D eigenvalue weighted by molar-refractivity contribution is 7.89. The SMILES string of the molecule is CNC(CCS(N)(=O)=O)CN(C)C. The summed E-state index contributed by atoms with van der Waals surface area (Å²) in [5.41, 5.74) is 0. The third-order valence-corrected chi connectivity index (χ3v) is 2.55. The van der Waals surface area contributed by atoms with Gasteiger partial charge in [0.1, 0.15) is 0 Å². The van der Waals surface area contributed by atoms with Gasteiger partial charge in [-0.15, -0.1) is 0 Å². The van der Waals surface area contributed by atoms with Crippen LogP contribution in [-0.4, -0.2) is 52.8 Å². The monoisotopic (exact) mass is 209 g/mol. The van der Waals surface area contributed by atoms with Gasteiger partial charge in [-0.3, -0.25) is 0 Å². The third kappa shape index (κ3) is 8.17. The Hall–Kier alpha value is -0.170. The van der Waals surface area contributed by atoms with Crippen LogP contribution in [0, 0.1) is 0 Å². The van der Waals surface area contributed by atoms with Crippen LogP contribution in [0.4, 0.5) is 0 Å². The molecule has 1 atom stereocenters. The summed E-state index contributed by atoms with van der Waals surface area (Å²) in [5, 5.41) is 7.94. The number of rotatable bonds is 6. The molecule has 0 spiro atoms. The first-order valence-electron chi connectivity index (χ1n) is 4.17. The topological polar surface area (TPSA) is 75.4 Å². The van der Waals surface area contributed by atoms with Crippen molar-refractivity contribution < 1.29 is 8.42 Å². The van der Waals surface area contributed by atoms with Crippen LogP contribution in [0.15, 0.2) is 0 Å². The average Bonchev–Trinajstić information content (AvgIpc) is 1.95. The van der Waals surface area contributed by atoms with Gasteiger partial charge in [0.05, 0.1) is 5.75 Å². The predicted molar refractivity (Wildman–Crippen MR) is 54.0 cm³/mol. The molecule has 0 aromatic carbocycles. The summed E-state index contributed by atoms with van der Waals surface area (Å²) in [7, 11) is 2.38. The maximum absolute atomic E-state index is 10.7. The summed E-state index contributed by atoms with van der Waals surface area (Å²) < 4.78 is 21.3. The molecule has 6 heteroatoms. The lowest BCUT2D eigenvalue weighted by Crippen LogP contribution is -2.38. The van der Waals surface area contributed by atoms with E-state index in [9.17, 15) is 8.42 Å². The fourth-order valence-electron chi connectivity index (χ4n) is 1.07. The minimum atomic E-state index is -3.32. The minimum absolute atomic E-state index is 0.0341. The second-order valence-electron chi connectivity index (χ2n) is 3.40. The third-order valence-electron chi connectivity index (χ3n) is 1.74. The summed E-state index contributed by atoms with van der Waals surface area (Å²) in [6.07, 6.45) is 0.549. The lowest BCUT2D eigenvalue weighted by molar-refractivity contribution is 0.343. The fraction of sp³-hybridized carbons (Fsp3) is 1.00. The lowest BCUT2D eigenvalue weighted by atomic mass is 10.2. The van der Waals surface area contributed by atoms with E-state index < -0.39 is 10.0 Å². The van der Waals surface area contributed by atoms with Crippen molar-refractivity contribution in [2.24, 2.45) is 5.14 Å². The quantitative estimate of drug-likeness (QED) is 0.577. The molecule has 0 radical (unpaired) electrons. The van der Waals surface area contributed by atoms with Gasteiger partial charge in [-0.1, -0.05) is 0 Å². The molecule has 5 nitrogen and oxygen atoms in total. The Morgan fingerprint density at radius 1 is 1.46 bits per heavy atom. The average molecular weight is 209 g/mol. The number of hydrogen-bond acceptors (Lipinski definition) is 4. The van der Waals surface area contributed by atoms with Crippen LogP contribution in [0.1, 0.15) is 6.42 Å². The number of nitrogens with two attached hydrogens (primary N) is 1. The summed E-state index contributed by atoms with van der Waals surface area (Å²) in [5.74, 6) is 0.0341. The van der Waals surface area contributed by atoms with Crippen LogP contribution in [0.5, 0.6) is 0 Å². The van der Waals surface area contributed by atoms with E-state index in [4.69, 9.17) is 5.14 Å². The highest BCUT2D eigenvalue weighted by Gasteiger charge is 2.11. The highest BCUT2D eigenvalue weighted by atomic mass is 32.2. The summed E-state index contributed by atoms with van der Waals surface area (Å²) >= 11 is 0. The van der Waals surface area contributed by atoms with Crippen molar-refractivity contribution in [3.63, 3.8) is 0 Å². The van der Waals surface area contributed by atoms with Gasteiger partial charge in [-0.25, -0.2) is 13.6 Å². The van der Waals surface area contributed by atoms with E-state index in [2.05, 4.69) is 5.32 Å². The molecule has 80 valence electrons. The molecule has 0 aliphatic rings.